The van der Waals surface area contributed by atoms with Gasteiger partial charge in [-0.05, 0) is 37.1 Å². The van der Waals surface area contributed by atoms with Gasteiger partial charge in [0.05, 0.1) is 13.4 Å². The second-order valence-corrected chi connectivity index (χ2v) is 3.77. The molecule has 2 rings (SSSR count). The van der Waals surface area contributed by atoms with Gasteiger partial charge in [-0.2, -0.15) is 0 Å². The minimum atomic E-state index is 0.613. The second-order valence-electron chi connectivity index (χ2n) is 3.77. The number of furan rings is 1. The standard InChI is InChI=1S/C13H17NO2/c1-3-9-8-12(15-2)10(4-6-14)11-5-7-16-13(9)11/h5,7-8H,3-4,6,14H2,1-2H3. The Labute approximate surface area is 95.2 Å². The van der Waals surface area contributed by atoms with E-state index in [0.29, 0.717) is 6.54 Å². The van der Waals surface area contributed by atoms with Gasteiger partial charge in [-0.3, -0.25) is 0 Å². The summed E-state index contributed by atoms with van der Waals surface area (Å²) in [6.45, 7) is 2.72. The maximum atomic E-state index is 5.63. The molecule has 0 atom stereocenters. The first-order chi connectivity index (χ1) is 7.81. The van der Waals surface area contributed by atoms with Crippen LogP contribution in [0.1, 0.15) is 18.1 Å². The Hall–Kier alpha value is -1.48. The SMILES string of the molecule is CCc1cc(OC)c(CCN)c2ccoc12. The average Bonchev–Trinajstić information content (AvgIpc) is 2.78. The number of benzene rings is 1. The van der Waals surface area contributed by atoms with Crippen LogP contribution in [0.25, 0.3) is 11.0 Å². The van der Waals surface area contributed by atoms with Crippen LogP contribution in [-0.4, -0.2) is 13.7 Å². The van der Waals surface area contributed by atoms with E-state index in [1.807, 2.05) is 6.07 Å². The molecule has 16 heavy (non-hydrogen) atoms. The topological polar surface area (TPSA) is 48.4 Å². The molecule has 0 aliphatic rings. The predicted octanol–water partition coefficient (Wildman–Crippen LogP) is 2.50. The third-order valence-electron chi connectivity index (χ3n) is 2.88. The van der Waals surface area contributed by atoms with Crippen molar-refractivity contribution in [3.63, 3.8) is 0 Å². The predicted molar refractivity (Wildman–Crippen MR) is 64.9 cm³/mol. The van der Waals surface area contributed by atoms with Crippen molar-refractivity contribution in [3.8, 4) is 5.75 Å². The van der Waals surface area contributed by atoms with Crippen molar-refractivity contribution >= 4 is 11.0 Å². The minimum Gasteiger partial charge on any atom is -0.496 e. The largest absolute Gasteiger partial charge is 0.496 e. The first-order valence-electron chi connectivity index (χ1n) is 5.57. The molecule has 2 N–H and O–H groups in total. The van der Waals surface area contributed by atoms with Crippen molar-refractivity contribution in [1.82, 2.24) is 0 Å². The van der Waals surface area contributed by atoms with E-state index in [0.717, 1.165) is 35.1 Å². The molecule has 0 saturated carbocycles. The molecule has 0 radical (unpaired) electrons. The van der Waals surface area contributed by atoms with E-state index in [4.69, 9.17) is 14.9 Å². The lowest BCUT2D eigenvalue weighted by molar-refractivity contribution is 0.410. The lowest BCUT2D eigenvalue weighted by atomic mass is 10.0. The highest BCUT2D eigenvalue weighted by Crippen LogP contribution is 2.32. The molecular weight excluding hydrogens is 202 g/mol. The van der Waals surface area contributed by atoms with Gasteiger partial charge in [-0.15, -0.1) is 0 Å². The summed E-state index contributed by atoms with van der Waals surface area (Å²) in [5, 5.41) is 1.13. The quantitative estimate of drug-likeness (QED) is 0.859. The van der Waals surface area contributed by atoms with Gasteiger partial charge in [0.15, 0.2) is 0 Å². The molecule has 0 unspecified atom stereocenters. The monoisotopic (exact) mass is 219 g/mol. The fourth-order valence-electron chi connectivity index (χ4n) is 2.09. The maximum Gasteiger partial charge on any atom is 0.137 e. The molecule has 2 aromatic rings. The summed E-state index contributed by atoms with van der Waals surface area (Å²) < 4.78 is 11.0. The molecule has 0 saturated heterocycles. The number of hydrogen-bond acceptors (Lipinski definition) is 3. The van der Waals surface area contributed by atoms with Crippen LogP contribution in [0.2, 0.25) is 0 Å². The summed E-state index contributed by atoms with van der Waals surface area (Å²) in [6, 6.07) is 4.04. The smallest absolute Gasteiger partial charge is 0.137 e. The number of nitrogens with two attached hydrogens (primary N) is 1. The molecule has 0 aliphatic carbocycles. The lowest BCUT2D eigenvalue weighted by Gasteiger charge is -2.11. The minimum absolute atomic E-state index is 0.613. The summed E-state index contributed by atoms with van der Waals surface area (Å²) in [5.41, 5.74) is 8.92. The van der Waals surface area contributed by atoms with Gasteiger partial charge < -0.3 is 14.9 Å². The molecule has 0 bridgehead atoms. The Morgan fingerprint density at radius 2 is 2.25 bits per heavy atom. The van der Waals surface area contributed by atoms with E-state index in [2.05, 4.69) is 13.0 Å². The van der Waals surface area contributed by atoms with Crippen molar-refractivity contribution in [2.24, 2.45) is 5.73 Å². The molecular formula is C13H17NO2. The Morgan fingerprint density at radius 3 is 2.88 bits per heavy atom. The third-order valence-corrected chi connectivity index (χ3v) is 2.88. The summed E-state index contributed by atoms with van der Waals surface area (Å²) in [4.78, 5) is 0. The van der Waals surface area contributed by atoms with Crippen LogP contribution in [0.4, 0.5) is 0 Å². The fraction of sp³-hybridized carbons (Fsp3) is 0.385. The highest BCUT2D eigenvalue weighted by atomic mass is 16.5. The van der Waals surface area contributed by atoms with Gasteiger partial charge in [0.25, 0.3) is 0 Å². The van der Waals surface area contributed by atoms with E-state index < -0.39 is 0 Å². The van der Waals surface area contributed by atoms with Gasteiger partial charge in [0.2, 0.25) is 0 Å². The van der Waals surface area contributed by atoms with Crippen molar-refractivity contribution in [2.75, 3.05) is 13.7 Å². The average molecular weight is 219 g/mol. The van der Waals surface area contributed by atoms with E-state index in [9.17, 15) is 0 Å². The van der Waals surface area contributed by atoms with Crippen LogP contribution < -0.4 is 10.5 Å². The van der Waals surface area contributed by atoms with Crippen LogP contribution >= 0.6 is 0 Å². The molecule has 86 valence electrons. The number of rotatable bonds is 4. The molecule has 1 heterocycles. The number of aryl methyl sites for hydroxylation is 1. The fourth-order valence-corrected chi connectivity index (χ4v) is 2.09. The van der Waals surface area contributed by atoms with Crippen LogP contribution in [-0.2, 0) is 12.8 Å². The van der Waals surface area contributed by atoms with Gasteiger partial charge in [-0.1, -0.05) is 6.92 Å². The molecule has 3 nitrogen and oxygen atoms in total. The molecule has 0 aliphatic heterocycles. The normalized spacial score (nSPS) is 10.9. The Balaban J connectivity index is 2.69. The van der Waals surface area contributed by atoms with Crippen LogP contribution in [0, 0.1) is 0 Å². The van der Waals surface area contributed by atoms with E-state index in [1.54, 1.807) is 13.4 Å². The zero-order valence-electron chi connectivity index (χ0n) is 9.75. The number of methoxy groups -OCH3 is 1. The summed E-state index contributed by atoms with van der Waals surface area (Å²) in [7, 11) is 1.70. The van der Waals surface area contributed by atoms with Crippen molar-refractivity contribution < 1.29 is 9.15 Å². The number of ether oxygens (including phenoxy) is 1. The molecule has 1 aromatic carbocycles. The zero-order valence-corrected chi connectivity index (χ0v) is 9.75. The van der Waals surface area contributed by atoms with Crippen molar-refractivity contribution in [1.29, 1.82) is 0 Å². The molecule has 0 spiro atoms. The molecule has 0 fully saturated rings. The van der Waals surface area contributed by atoms with Crippen LogP contribution in [0.15, 0.2) is 22.8 Å². The van der Waals surface area contributed by atoms with Crippen LogP contribution in [0.3, 0.4) is 0 Å². The Kier molecular flexibility index (Phi) is 3.15. The lowest BCUT2D eigenvalue weighted by Crippen LogP contribution is -2.05. The summed E-state index contributed by atoms with van der Waals surface area (Å²) in [6.07, 6.45) is 3.47. The summed E-state index contributed by atoms with van der Waals surface area (Å²) >= 11 is 0. The van der Waals surface area contributed by atoms with Crippen molar-refractivity contribution in [2.45, 2.75) is 19.8 Å². The Morgan fingerprint density at radius 1 is 1.44 bits per heavy atom. The van der Waals surface area contributed by atoms with Gasteiger partial charge in [0, 0.05) is 10.9 Å². The first kappa shape index (κ1) is 11.0. The molecule has 0 amide bonds. The van der Waals surface area contributed by atoms with Crippen LogP contribution in [0.5, 0.6) is 5.75 Å². The third kappa shape index (κ3) is 1.67. The van der Waals surface area contributed by atoms with E-state index >= 15 is 0 Å². The van der Waals surface area contributed by atoms with E-state index in [1.165, 1.54) is 5.56 Å². The van der Waals surface area contributed by atoms with Gasteiger partial charge in [-0.25, -0.2) is 0 Å². The molecule has 3 heteroatoms. The maximum absolute atomic E-state index is 5.63. The molecule has 1 aromatic heterocycles. The number of fused-ring (bicyclic) bond motifs is 1. The highest BCUT2D eigenvalue weighted by molar-refractivity contribution is 5.86. The first-order valence-corrected chi connectivity index (χ1v) is 5.57. The van der Waals surface area contributed by atoms with Gasteiger partial charge in [0.1, 0.15) is 11.3 Å². The summed E-state index contributed by atoms with van der Waals surface area (Å²) in [5.74, 6) is 0.913. The van der Waals surface area contributed by atoms with Crippen molar-refractivity contribution in [3.05, 3.63) is 29.5 Å². The Bertz CT molecular complexity index is 488. The highest BCUT2D eigenvalue weighted by Gasteiger charge is 2.13. The number of hydrogen-bond donors (Lipinski definition) is 1. The second kappa shape index (κ2) is 4.58. The van der Waals surface area contributed by atoms with E-state index in [-0.39, 0.29) is 0 Å². The zero-order chi connectivity index (χ0) is 11.5. The van der Waals surface area contributed by atoms with Gasteiger partial charge >= 0.3 is 0 Å².